The third kappa shape index (κ3) is 4.61. The highest BCUT2D eigenvalue weighted by atomic mass is 16.5. The number of hydrogen-bond acceptors (Lipinski definition) is 6. The van der Waals surface area contributed by atoms with E-state index in [2.05, 4.69) is 25.5 Å². The summed E-state index contributed by atoms with van der Waals surface area (Å²) in [5, 5.41) is 10.3. The van der Waals surface area contributed by atoms with Gasteiger partial charge in [0, 0.05) is 37.7 Å². The number of aromatic amines is 1. The highest BCUT2D eigenvalue weighted by molar-refractivity contribution is 5.94. The first kappa shape index (κ1) is 20.7. The molecule has 0 unspecified atom stereocenters. The van der Waals surface area contributed by atoms with Gasteiger partial charge in [-0.25, -0.2) is 4.98 Å². The van der Waals surface area contributed by atoms with Crippen LogP contribution in [0, 0.1) is 6.92 Å². The summed E-state index contributed by atoms with van der Waals surface area (Å²) in [5.74, 6) is 0.590. The summed E-state index contributed by atoms with van der Waals surface area (Å²) < 4.78 is 4.93. The summed E-state index contributed by atoms with van der Waals surface area (Å²) >= 11 is 0. The molecule has 3 heterocycles. The molecule has 31 heavy (non-hydrogen) atoms. The van der Waals surface area contributed by atoms with Crippen LogP contribution < -0.4 is 5.32 Å². The molecule has 3 aromatic rings. The molecule has 0 bridgehead atoms. The van der Waals surface area contributed by atoms with Gasteiger partial charge in [-0.2, -0.15) is 5.10 Å². The first-order valence-corrected chi connectivity index (χ1v) is 10.0. The van der Waals surface area contributed by atoms with Crippen LogP contribution in [0.15, 0.2) is 48.7 Å². The lowest BCUT2D eigenvalue weighted by Crippen LogP contribution is -2.42. The fourth-order valence-electron chi connectivity index (χ4n) is 3.71. The highest BCUT2D eigenvalue weighted by Gasteiger charge is 2.39. The molecule has 9 nitrogen and oxygen atoms in total. The number of carbonyl (C=O) groups excluding carboxylic acids is 2. The van der Waals surface area contributed by atoms with Crippen LogP contribution in [0.25, 0.3) is 11.4 Å². The zero-order chi connectivity index (χ0) is 21.8. The number of ether oxygens (including phenoxy) is 1. The Kier molecular flexibility index (Phi) is 6.03. The molecule has 1 fully saturated rings. The quantitative estimate of drug-likeness (QED) is 0.626. The number of pyridine rings is 1. The molecule has 0 saturated carbocycles. The first-order valence-electron chi connectivity index (χ1n) is 10.0. The summed E-state index contributed by atoms with van der Waals surface area (Å²) in [6.45, 7) is 2.57. The van der Waals surface area contributed by atoms with Gasteiger partial charge >= 0.3 is 0 Å². The molecule has 0 radical (unpaired) electrons. The Balaban J connectivity index is 1.57. The van der Waals surface area contributed by atoms with E-state index in [1.165, 1.54) is 7.11 Å². The van der Waals surface area contributed by atoms with Gasteiger partial charge in [-0.1, -0.05) is 30.3 Å². The second-order valence-electron chi connectivity index (χ2n) is 7.52. The molecule has 160 valence electrons. The third-order valence-corrected chi connectivity index (χ3v) is 5.27. The number of likely N-dealkylation sites (tertiary alicyclic amines) is 1. The highest BCUT2D eigenvalue weighted by Crippen LogP contribution is 2.28. The van der Waals surface area contributed by atoms with Crippen LogP contribution in [0.2, 0.25) is 0 Å². The predicted molar refractivity (Wildman–Crippen MR) is 113 cm³/mol. The lowest BCUT2D eigenvalue weighted by molar-refractivity contribution is -0.125. The molecule has 1 saturated heterocycles. The van der Waals surface area contributed by atoms with Crippen LogP contribution in [0.5, 0.6) is 0 Å². The number of nitrogens with zero attached hydrogens (tertiary/aromatic N) is 4. The van der Waals surface area contributed by atoms with E-state index < -0.39 is 0 Å². The second-order valence-corrected chi connectivity index (χ2v) is 7.52. The summed E-state index contributed by atoms with van der Waals surface area (Å²) in [4.78, 5) is 35.8. The number of rotatable bonds is 6. The van der Waals surface area contributed by atoms with E-state index in [-0.39, 0.29) is 30.4 Å². The average Bonchev–Trinajstić information content (AvgIpc) is 3.42. The summed E-state index contributed by atoms with van der Waals surface area (Å²) in [5.41, 5.74) is 2.24. The van der Waals surface area contributed by atoms with Gasteiger partial charge in [0.2, 0.25) is 5.91 Å². The minimum atomic E-state index is -0.318. The van der Waals surface area contributed by atoms with Crippen molar-refractivity contribution in [3.05, 3.63) is 65.7 Å². The average molecular weight is 420 g/mol. The molecule has 2 atom stereocenters. The molecule has 1 aliphatic rings. The Bertz CT molecular complexity index is 1050. The Labute approximate surface area is 179 Å². The molecule has 1 aliphatic heterocycles. The van der Waals surface area contributed by atoms with Crippen molar-refractivity contribution in [2.75, 3.05) is 26.8 Å². The number of hydrogen-bond donors (Lipinski definition) is 2. The van der Waals surface area contributed by atoms with Gasteiger partial charge in [-0.15, -0.1) is 0 Å². The summed E-state index contributed by atoms with van der Waals surface area (Å²) in [6, 6.07) is 12.9. The number of methoxy groups -OCH3 is 1. The maximum atomic E-state index is 13.0. The topological polar surface area (TPSA) is 113 Å². The molecule has 2 aromatic heterocycles. The molecule has 1 aromatic carbocycles. The van der Waals surface area contributed by atoms with Gasteiger partial charge < -0.3 is 15.0 Å². The number of amides is 2. The fraction of sp³-hybridized carbons (Fsp3) is 0.318. The van der Waals surface area contributed by atoms with E-state index in [1.807, 2.05) is 37.3 Å². The minimum Gasteiger partial charge on any atom is -0.375 e. The van der Waals surface area contributed by atoms with Crippen LogP contribution >= 0.6 is 0 Å². The standard InChI is InChI=1S/C22H24N6O3/c1-14-8-9-16(10-23-14)22(30)28-11-17(18(12-28)24-19(29)13-31-2)21-25-20(26-27-21)15-6-4-3-5-7-15/h3-10,17-18H,11-13H2,1-2H3,(H,24,29)(H,25,26,27)/t17-,18-/m1/s1. The molecule has 2 amide bonds. The number of carbonyl (C=O) groups is 2. The van der Waals surface area contributed by atoms with E-state index in [0.717, 1.165) is 11.3 Å². The second kappa shape index (κ2) is 9.05. The van der Waals surface area contributed by atoms with Crippen molar-refractivity contribution < 1.29 is 14.3 Å². The number of aryl methyl sites for hydroxylation is 1. The van der Waals surface area contributed by atoms with Crippen molar-refractivity contribution in [1.29, 1.82) is 0 Å². The van der Waals surface area contributed by atoms with Crippen molar-refractivity contribution in [2.24, 2.45) is 0 Å². The van der Waals surface area contributed by atoms with Gasteiger partial charge in [0.15, 0.2) is 5.82 Å². The van der Waals surface area contributed by atoms with Crippen LogP contribution in [0.3, 0.4) is 0 Å². The molecule has 0 spiro atoms. The van der Waals surface area contributed by atoms with E-state index in [0.29, 0.717) is 30.3 Å². The number of benzene rings is 1. The van der Waals surface area contributed by atoms with E-state index in [9.17, 15) is 9.59 Å². The number of aromatic nitrogens is 4. The van der Waals surface area contributed by atoms with Crippen LogP contribution in [-0.2, 0) is 9.53 Å². The fourth-order valence-corrected chi connectivity index (χ4v) is 3.71. The molecule has 0 aliphatic carbocycles. The van der Waals surface area contributed by atoms with Crippen LogP contribution in [-0.4, -0.2) is 69.7 Å². The smallest absolute Gasteiger partial charge is 0.255 e. The SMILES string of the molecule is COCC(=O)N[C@@H]1CN(C(=O)c2ccc(C)nc2)C[C@H]1c1nc(-c2ccccc2)n[nH]1. The van der Waals surface area contributed by atoms with Gasteiger partial charge in [-0.05, 0) is 19.1 Å². The van der Waals surface area contributed by atoms with E-state index >= 15 is 0 Å². The maximum Gasteiger partial charge on any atom is 0.255 e. The number of H-pyrrole nitrogens is 1. The zero-order valence-electron chi connectivity index (χ0n) is 17.4. The van der Waals surface area contributed by atoms with E-state index in [1.54, 1.807) is 23.2 Å². The third-order valence-electron chi connectivity index (χ3n) is 5.27. The lowest BCUT2D eigenvalue weighted by atomic mass is 10.0. The summed E-state index contributed by atoms with van der Waals surface area (Å²) in [6.07, 6.45) is 1.57. The Morgan fingerprint density at radius 2 is 2.00 bits per heavy atom. The Morgan fingerprint density at radius 1 is 1.19 bits per heavy atom. The van der Waals surface area contributed by atoms with Gasteiger partial charge in [0.05, 0.1) is 17.5 Å². The van der Waals surface area contributed by atoms with Crippen molar-refractivity contribution in [3.63, 3.8) is 0 Å². The molecule has 9 heteroatoms. The van der Waals surface area contributed by atoms with E-state index in [4.69, 9.17) is 4.74 Å². The molecule has 4 rings (SSSR count). The molecular weight excluding hydrogens is 396 g/mol. The maximum absolute atomic E-state index is 13.0. The van der Waals surface area contributed by atoms with Crippen molar-refractivity contribution >= 4 is 11.8 Å². The first-order chi connectivity index (χ1) is 15.0. The van der Waals surface area contributed by atoms with Crippen molar-refractivity contribution in [3.8, 4) is 11.4 Å². The Morgan fingerprint density at radius 3 is 2.71 bits per heavy atom. The predicted octanol–water partition coefficient (Wildman–Crippen LogP) is 1.55. The zero-order valence-corrected chi connectivity index (χ0v) is 17.4. The largest absolute Gasteiger partial charge is 0.375 e. The van der Waals surface area contributed by atoms with Crippen LogP contribution in [0.1, 0.15) is 27.8 Å². The Hall–Kier alpha value is -3.59. The normalized spacial score (nSPS) is 18.2. The van der Waals surface area contributed by atoms with Gasteiger partial charge in [0.25, 0.3) is 5.91 Å². The van der Waals surface area contributed by atoms with Crippen molar-refractivity contribution in [1.82, 2.24) is 30.4 Å². The van der Waals surface area contributed by atoms with Crippen molar-refractivity contribution in [2.45, 2.75) is 18.9 Å². The monoisotopic (exact) mass is 420 g/mol. The van der Waals surface area contributed by atoms with Crippen LogP contribution in [0.4, 0.5) is 0 Å². The minimum absolute atomic E-state index is 0.0509. The van der Waals surface area contributed by atoms with Gasteiger partial charge in [0.1, 0.15) is 12.4 Å². The molecule has 2 N–H and O–H groups in total. The summed E-state index contributed by atoms with van der Waals surface area (Å²) in [7, 11) is 1.47. The van der Waals surface area contributed by atoms with Gasteiger partial charge in [-0.3, -0.25) is 19.7 Å². The number of nitrogens with one attached hydrogen (secondary N) is 2. The lowest BCUT2D eigenvalue weighted by Gasteiger charge is -2.17. The molecular formula is C22H24N6O3.